The number of nitrogens with zero attached hydrogens (tertiary/aromatic N) is 1. The van der Waals surface area contributed by atoms with Gasteiger partial charge in [0.15, 0.2) is 0 Å². The van der Waals surface area contributed by atoms with Gasteiger partial charge in [-0.3, -0.25) is 4.90 Å². The number of hydrogen-bond acceptors (Lipinski definition) is 4. The number of primary sulfonamides is 1. The van der Waals surface area contributed by atoms with E-state index in [4.69, 9.17) is 9.88 Å². The van der Waals surface area contributed by atoms with Crippen molar-refractivity contribution < 1.29 is 17.5 Å². The van der Waals surface area contributed by atoms with Gasteiger partial charge in [0, 0.05) is 19.6 Å². The molecule has 0 unspecified atom stereocenters. The van der Waals surface area contributed by atoms with Crippen molar-refractivity contribution in [2.24, 2.45) is 5.14 Å². The number of morpholine rings is 1. The van der Waals surface area contributed by atoms with Crippen molar-refractivity contribution in [2.75, 3.05) is 26.3 Å². The molecule has 0 aromatic heterocycles. The predicted octanol–water partition coefficient (Wildman–Crippen LogP) is 0.305. The third-order valence-electron chi connectivity index (χ3n) is 2.83. The zero-order valence-corrected chi connectivity index (χ0v) is 10.6. The Bertz CT molecular complexity index is 527. The summed E-state index contributed by atoms with van der Waals surface area (Å²) >= 11 is 0. The first-order chi connectivity index (χ1) is 8.47. The minimum Gasteiger partial charge on any atom is -0.379 e. The lowest BCUT2D eigenvalue weighted by Gasteiger charge is -2.27. The van der Waals surface area contributed by atoms with Crippen LogP contribution in [-0.2, 0) is 21.3 Å². The predicted molar refractivity (Wildman–Crippen MR) is 63.9 cm³/mol. The van der Waals surface area contributed by atoms with Crippen LogP contribution in [0.4, 0.5) is 4.39 Å². The molecule has 1 saturated heterocycles. The van der Waals surface area contributed by atoms with Crippen LogP contribution < -0.4 is 5.14 Å². The molecular formula is C11H15FN2O3S. The summed E-state index contributed by atoms with van der Waals surface area (Å²) in [4.78, 5) is 1.99. The van der Waals surface area contributed by atoms with Crippen molar-refractivity contribution in [3.63, 3.8) is 0 Å². The van der Waals surface area contributed by atoms with Gasteiger partial charge in [0.25, 0.3) is 0 Å². The summed E-state index contributed by atoms with van der Waals surface area (Å²) in [5.74, 6) is -0.467. The van der Waals surface area contributed by atoms with E-state index in [1.165, 1.54) is 12.1 Å². The summed E-state index contributed by atoms with van der Waals surface area (Å²) in [5.41, 5.74) is 0.388. The van der Waals surface area contributed by atoms with Crippen LogP contribution in [0, 0.1) is 5.82 Å². The van der Waals surface area contributed by atoms with Gasteiger partial charge in [0.05, 0.1) is 18.1 Å². The summed E-state index contributed by atoms with van der Waals surface area (Å²) in [6, 6.07) is 3.53. The first-order valence-electron chi connectivity index (χ1n) is 5.58. The Labute approximate surface area is 105 Å². The van der Waals surface area contributed by atoms with Crippen molar-refractivity contribution >= 4 is 10.0 Å². The summed E-state index contributed by atoms with van der Waals surface area (Å²) in [6.45, 7) is 2.94. The number of nitrogens with two attached hydrogens (primary N) is 1. The van der Waals surface area contributed by atoms with Crippen LogP contribution in [0.25, 0.3) is 0 Å². The summed E-state index contributed by atoms with van der Waals surface area (Å²) in [7, 11) is -3.83. The maximum atomic E-state index is 13.2. The molecule has 1 aromatic carbocycles. The fourth-order valence-electron chi connectivity index (χ4n) is 1.95. The van der Waals surface area contributed by atoms with Crippen LogP contribution in [0.15, 0.2) is 23.1 Å². The Kier molecular flexibility index (Phi) is 3.96. The van der Waals surface area contributed by atoms with E-state index in [0.717, 1.165) is 6.07 Å². The molecule has 0 spiro atoms. The van der Waals surface area contributed by atoms with Crippen molar-refractivity contribution in [3.8, 4) is 0 Å². The van der Waals surface area contributed by atoms with E-state index >= 15 is 0 Å². The Balaban J connectivity index is 2.27. The Morgan fingerprint density at radius 1 is 1.33 bits per heavy atom. The van der Waals surface area contributed by atoms with Crippen LogP contribution in [-0.4, -0.2) is 39.6 Å². The molecule has 1 aliphatic heterocycles. The number of halogens is 1. The van der Waals surface area contributed by atoms with Gasteiger partial charge in [0.1, 0.15) is 5.82 Å². The van der Waals surface area contributed by atoms with E-state index in [1.54, 1.807) is 0 Å². The number of ether oxygens (including phenoxy) is 1. The lowest BCUT2D eigenvalue weighted by molar-refractivity contribution is 0.0338. The molecule has 1 fully saturated rings. The Morgan fingerprint density at radius 3 is 2.61 bits per heavy atom. The highest BCUT2D eigenvalue weighted by atomic mass is 32.2. The molecule has 7 heteroatoms. The molecule has 0 saturated carbocycles. The van der Waals surface area contributed by atoms with Crippen molar-refractivity contribution in [3.05, 3.63) is 29.6 Å². The fourth-order valence-corrected chi connectivity index (χ4v) is 2.70. The first kappa shape index (κ1) is 13.4. The normalized spacial score (nSPS) is 17.9. The van der Waals surface area contributed by atoms with Crippen LogP contribution in [0.3, 0.4) is 0 Å². The Hall–Kier alpha value is -1.02. The minimum absolute atomic E-state index is 0.0182. The minimum atomic E-state index is -3.83. The van der Waals surface area contributed by atoms with Gasteiger partial charge >= 0.3 is 0 Å². The van der Waals surface area contributed by atoms with E-state index in [0.29, 0.717) is 38.4 Å². The maximum absolute atomic E-state index is 13.2. The first-order valence-corrected chi connectivity index (χ1v) is 7.13. The second-order valence-corrected chi connectivity index (χ2v) is 5.72. The van der Waals surface area contributed by atoms with Gasteiger partial charge in [0.2, 0.25) is 10.0 Å². The van der Waals surface area contributed by atoms with Gasteiger partial charge < -0.3 is 4.74 Å². The molecule has 2 N–H and O–H groups in total. The SMILES string of the molecule is NS(=O)(=O)c1ccc(F)cc1CN1CCOCC1. The third kappa shape index (κ3) is 3.26. The van der Waals surface area contributed by atoms with Crippen LogP contribution in [0.1, 0.15) is 5.56 Å². The van der Waals surface area contributed by atoms with Gasteiger partial charge in [-0.15, -0.1) is 0 Å². The van der Waals surface area contributed by atoms with Gasteiger partial charge in [-0.2, -0.15) is 0 Å². The molecule has 0 bridgehead atoms. The molecule has 1 aromatic rings. The Morgan fingerprint density at radius 2 is 2.00 bits per heavy atom. The second-order valence-electron chi connectivity index (χ2n) is 4.19. The molecule has 0 radical (unpaired) electrons. The fraction of sp³-hybridized carbons (Fsp3) is 0.455. The van der Waals surface area contributed by atoms with Gasteiger partial charge in [-0.05, 0) is 23.8 Å². The standard InChI is InChI=1S/C11H15FN2O3S/c12-10-1-2-11(18(13,15)16)9(7-10)8-14-3-5-17-6-4-14/h1-2,7H,3-6,8H2,(H2,13,15,16). The highest BCUT2D eigenvalue weighted by Crippen LogP contribution is 2.18. The number of hydrogen-bond donors (Lipinski definition) is 1. The number of sulfonamides is 1. The molecular weight excluding hydrogens is 259 g/mol. The number of rotatable bonds is 3. The van der Waals surface area contributed by atoms with E-state index < -0.39 is 15.8 Å². The van der Waals surface area contributed by atoms with Crippen molar-refractivity contribution in [2.45, 2.75) is 11.4 Å². The molecule has 0 aliphatic carbocycles. The van der Waals surface area contributed by atoms with Crippen molar-refractivity contribution in [1.29, 1.82) is 0 Å². The molecule has 100 valence electrons. The van der Waals surface area contributed by atoms with E-state index in [9.17, 15) is 12.8 Å². The van der Waals surface area contributed by atoms with E-state index in [-0.39, 0.29) is 4.90 Å². The highest BCUT2D eigenvalue weighted by molar-refractivity contribution is 7.89. The summed E-state index contributed by atoms with van der Waals surface area (Å²) in [6.07, 6.45) is 0. The zero-order chi connectivity index (χ0) is 13.2. The largest absolute Gasteiger partial charge is 0.379 e. The van der Waals surface area contributed by atoms with Crippen molar-refractivity contribution in [1.82, 2.24) is 4.90 Å². The highest BCUT2D eigenvalue weighted by Gasteiger charge is 2.18. The van der Waals surface area contributed by atoms with Gasteiger partial charge in [-0.25, -0.2) is 17.9 Å². The molecule has 2 rings (SSSR count). The quantitative estimate of drug-likeness (QED) is 0.860. The average molecular weight is 274 g/mol. The van der Waals surface area contributed by atoms with E-state index in [1.807, 2.05) is 4.90 Å². The molecule has 18 heavy (non-hydrogen) atoms. The molecule has 0 amide bonds. The van der Waals surface area contributed by atoms with Crippen LogP contribution in [0.5, 0.6) is 0 Å². The summed E-state index contributed by atoms with van der Waals surface area (Å²) in [5, 5.41) is 5.12. The third-order valence-corrected chi connectivity index (χ3v) is 3.84. The summed E-state index contributed by atoms with van der Waals surface area (Å²) < 4.78 is 41.2. The average Bonchev–Trinajstić information content (AvgIpc) is 2.28. The second kappa shape index (κ2) is 5.31. The maximum Gasteiger partial charge on any atom is 0.238 e. The monoisotopic (exact) mass is 274 g/mol. The van der Waals surface area contributed by atoms with E-state index in [2.05, 4.69) is 0 Å². The molecule has 0 atom stereocenters. The van der Waals surface area contributed by atoms with Crippen LogP contribution in [0.2, 0.25) is 0 Å². The number of benzene rings is 1. The molecule has 5 nitrogen and oxygen atoms in total. The molecule has 1 aliphatic rings. The topological polar surface area (TPSA) is 72.6 Å². The molecule has 1 heterocycles. The zero-order valence-electron chi connectivity index (χ0n) is 9.80. The lowest BCUT2D eigenvalue weighted by Crippen LogP contribution is -2.36. The lowest BCUT2D eigenvalue weighted by atomic mass is 10.2. The smallest absolute Gasteiger partial charge is 0.238 e. The van der Waals surface area contributed by atoms with Gasteiger partial charge in [-0.1, -0.05) is 0 Å². The van der Waals surface area contributed by atoms with Crippen LogP contribution >= 0.6 is 0 Å².